The van der Waals surface area contributed by atoms with Crippen molar-refractivity contribution in [3.8, 4) is 0 Å². The normalized spacial score (nSPS) is 19.6. The van der Waals surface area contributed by atoms with Gasteiger partial charge in [-0.3, -0.25) is 4.79 Å². The maximum absolute atomic E-state index is 13.0. The van der Waals surface area contributed by atoms with Crippen molar-refractivity contribution in [2.45, 2.75) is 32.2 Å². The molecule has 0 unspecified atom stereocenters. The number of benzene rings is 2. The van der Waals surface area contributed by atoms with Crippen LogP contribution in [0.1, 0.15) is 23.1 Å². The number of likely N-dealkylation sites (tertiary alicyclic amines) is 1. The Morgan fingerprint density at radius 2 is 1.96 bits per heavy atom. The van der Waals surface area contributed by atoms with Crippen molar-refractivity contribution in [2.24, 2.45) is 5.92 Å². The monoisotopic (exact) mass is 361 g/mol. The first kappa shape index (κ1) is 16.4. The lowest BCUT2D eigenvalue weighted by atomic mass is 10.1. The molecule has 0 radical (unpaired) electrons. The molecule has 1 aromatic heterocycles. The summed E-state index contributed by atoms with van der Waals surface area (Å²) in [5, 5.41) is 3.37. The van der Waals surface area contributed by atoms with Crippen molar-refractivity contribution in [2.75, 3.05) is 18.4 Å². The molecule has 0 spiro atoms. The zero-order valence-electron chi connectivity index (χ0n) is 15.4. The molecule has 27 heavy (non-hydrogen) atoms. The molecule has 2 heterocycles. The van der Waals surface area contributed by atoms with E-state index >= 15 is 0 Å². The highest BCUT2D eigenvalue weighted by Crippen LogP contribution is 2.29. The molecule has 5 nitrogen and oxygen atoms in total. The van der Waals surface area contributed by atoms with Gasteiger partial charge in [-0.2, -0.15) is 4.98 Å². The smallest absolute Gasteiger partial charge is 0.295 e. The van der Waals surface area contributed by atoms with E-state index in [9.17, 15) is 4.79 Å². The van der Waals surface area contributed by atoms with Gasteiger partial charge < -0.3 is 14.6 Å². The minimum absolute atomic E-state index is 0.0912. The Balaban J connectivity index is 1.23. The Bertz CT molecular complexity index is 985. The number of fused-ring (bicyclic) bond motifs is 2. The number of oxazole rings is 1. The molecule has 1 aliphatic heterocycles. The molecule has 1 amide bonds. The van der Waals surface area contributed by atoms with Crippen LogP contribution in [0.5, 0.6) is 0 Å². The molecule has 0 bridgehead atoms. The van der Waals surface area contributed by atoms with Crippen LogP contribution in [0.25, 0.3) is 11.1 Å². The number of nitrogens with one attached hydrogen (secondary N) is 1. The van der Waals surface area contributed by atoms with Gasteiger partial charge in [0.25, 0.3) is 6.01 Å². The van der Waals surface area contributed by atoms with E-state index in [1.54, 1.807) is 0 Å². The average Bonchev–Trinajstić information content (AvgIpc) is 3.38. The van der Waals surface area contributed by atoms with Crippen LogP contribution in [0.3, 0.4) is 0 Å². The van der Waals surface area contributed by atoms with E-state index < -0.39 is 0 Å². The van der Waals surface area contributed by atoms with Gasteiger partial charge in [0, 0.05) is 25.0 Å². The lowest BCUT2D eigenvalue weighted by Gasteiger charge is -2.20. The quantitative estimate of drug-likeness (QED) is 0.775. The highest BCUT2D eigenvalue weighted by atomic mass is 16.4. The van der Waals surface area contributed by atoms with Crippen LogP contribution in [-0.4, -0.2) is 34.9 Å². The van der Waals surface area contributed by atoms with Crippen molar-refractivity contribution in [1.82, 2.24) is 9.88 Å². The first-order valence-corrected chi connectivity index (χ1v) is 9.65. The Labute approximate surface area is 158 Å². The summed E-state index contributed by atoms with van der Waals surface area (Å²) in [5.74, 6) is 0.372. The predicted octanol–water partition coefficient (Wildman–Crippen LogP) is 3.56. The number of aromatic nitrogens is 1. The number of amides is 1. The van der Waals surface area contributed by atoms with Crippen LogP contribution >= 0.6 is 0 Å². The van der Waals surface area contributed by atoms with Gasteiger partial charge in [0.1, 0.15) is 5.52 Å². The third-order valence-corrected chi connectivity index (χ3v) is 5.77. The largest absolute Gasteiger partial charge is 0.424 e. The van der Waals surface area contributed by atoms with Gasteiger partial charge in [0.15, 0.2) is 5.58 Å². The summed E-state index contributed by atoms with van der Waals surface area (Å²) in [4.78, 5) is 19.5. The minimum atomic E-state index is 0.0912. The van der Waals surface area contributed by atoms with Gasteiger partial charge >= 0.3 is 0 Å². The molecule has 1 N–H and O–H groups in total. The van der Waals surface area contributed by atoms with E-state index in [1.165, 1.54) is 11.1 Å². The molecule has 2 aliphatic rings. The zero-order chi connectivity index (χ0) is 18.4. The number of hydrogen-bond donors (Lipinski definition) is 1. The molecule has 5 heteroatoms. The second-order valence-corrected chi connectivity index (χ2v) is 7.78. The lowest BCUT2D eigenvalue weighted by Crippen LogP contribution is -2.36. The van der Waals surface area contributed by atoms with E-state index in [0.717, 1.165) is 42.5 Å². The standard InChI is InChI=1S/C22H23N3O2/c1-14-6-7-20-19(10-14)24-22(27-20)23-18-8-9-25(13-18)21(26)17-11-15-4-2-3-5-16(15)12-17/h2-7,10,17-18H,8-9,11-13H2,1H3,(H,23,24)/t18-/m0/s1. The summed E-state index contributed by atoms with van der Waals surface area (Å²) in [6.45, 7) is 3.55. The van der Waals surface area contributed by atoms with Crippen molar-refractivity contribution < 1.29 is 9.21 Å². The number of nitrogens with zero attached hydrogens (tertiary/aromatic N) is 2. The second-order valence-electron chi connectivity index (χ2n) is 7.78. The van der Waals surface area contributed by atoms with Gasteiger partial charge in [0.05, 0.1) is 0 Å². The summed E-state index contributed by atoms with van der Waals surface area (Å²) >= 11 is 0. The summed E-state index contributed by atoms with van der Waals surface area (Å²) < 4.78 is 5.80. The molecule has 5 rings (SSSR count). The lowest BCUT2D eigenvalue weighted by molar-refractivity contribution is -0.134. The zero-order valence-corrected chi connectivity index (χ0v) is 15.4. The van der Waals surface area contributed by atoms with E-state index in [2.05, 4.69) is 34.6 Å². The van der Waals surface area contributed by atoms with Crippen molar-refractivity contribution in [3.63, 3.8) is 0 Å². The van der Waals surface area contributed by atoms with E-state index in [0.29, 0.717) is 12.6 Å². The highest BCUT2D eigenvalue weighted by molar-refractivity contribution is 5.81. The molecule has 1 atom stereocenters. The summed E-state index contributed by atoms with van der Waals surface area (Å²) in [6.07, 6.45) is 2.66. The number of carbonyl (C=O) groups is 1. The highest BCUT2D eigenvalue weighted by Gasteiger charge is 2.34. The molecular formula is C22H23N3O2. The Hall–Kier alpha value is -2.82. The molecule has 1 fully saturated rings. The molecular weight excluding hydrogens is 338 g/mol. The van der Waals surface area contributed by atoms with E-state index in [1.807, 2.05) is 30.0 Å². The molecule has 138 valence electrons. The summed E-state index contributed by atoms with van der Waals surface area (Å²) in [5.41, 5.74) is 5.47. The molecule has 0 saturated carbocycles. The average molecular weight is 361 g/mol. The molecule has 1 saturated heterocycles. The SMILES string of the molecule is Cc1ccc2oc(N[C@H]3CCN(C(=O)C4Cc5ccccc5C4)C3)nc2c1. The summed E-state index contributed by atoms with van der Waals surface area (Å²) in [7, 11) is 0. The van der Waals surface area contributed by atoms with Gasteiger partial charge in [0.2, 0.25) is 5.91 Å². The van der Waals surface area contributed by atoms with Crippen molar-refractivity contribution in [1.29, 1.82) is 0 Å². The Morgan fingerprint density at radius 3 is 2.74 bits per heavy atom. The maximum atomic E-state index is 13.0. The van der Waals surface area contributed by atoms with E-state index in [-0.39, 0.29) is 17.9 Å². The number of carbonyl (C=O) groups excluding carboxylic acids is 1. The molecule has 3 aromatic rings. The van der Waals surface area contributed by atoms with Gasteiger partial charge in [-0.1, -0.05) is 30.3 Å². The fourth-order valence-electron chi connectivity index (χ4n) is 4.34. The third-order valence-electron chi connectivity index (χ3n) is 5.77. The van der Waals surface area contributed by atoms with Crippen molar-refractivity contribution >= 4 is 23.0 Å². The van der Waals surface area contributed by atoms with Crippen LogP contribution < -0.4 is 5.32 Å². The van der Waals surface area contributed by atoms with E-state index in [4.69, 9.17) is 4.42 Å². The Kier molecular flexibility index (Phi) is 3.88. The third kappa shape index (κ3) is 3.07. The first-order chi connectivity index (χ1) is 13.2. The van der Waals surface area contributed by atoms with Crippen LogP contribution in [-0.2, 0) is 17.6 Å². The number of aryl methyl sites for hydroxylation is 1. The van der Waals surface area contributed by atoms with Gasteiger partial charge in [-0.15, -0.1) is 0 Å². The maximum Gasteiger partial charge on any atom is 0.295 e. The molecule has 2 aromatic carbocycles. The van der Waals surface area contributed by atoms with Gasteiger partial charge in [-0.25, -0.2) is 0 Å². The second kappa shape index (κ2) is 6.41. The van der Waals surface area contributed by atoms with Crippen LogP contribution in [0.4, 0.5) is 6.01 Å². The first-order valence-electron chi connectivity index (χ1n) is 9.65. The summed E-state index contributed by atoms with van der Waals surface area (Å²) in [6, 6.07) is 15.1. The van der Waals surface area contributed by atoms with Crippen LogP contribution in [0.2, 0.25) is 0 Å². The Morgan fingerprint density at radius 1 is 1.19 bits per heavy atom. The fourth-order valence-corrected chi connectivity index (χ4v) is 4.34. The number of anilines is 1. The predicted molar refractivity (Wildman–Crippen MR) is 105 cm³/mol. The fraction of sp³-hybridized carbons (Fsp3) is 0.364. The van der Waals surface area contributed by atoms with Gasteiger partial charge in [-0.05, 0) is 55.0 Å². The molecule has 1 aliphatic carbocycles. The van der Waals surface area contributed by atoms with Crippen molar-refractivity contribution in [3.05, 3.63) is 59.2 Å². The van der Waals surface area contributed by atoms with Crippen LogP contribution in [0.15, 0.2) is 46.9 Å². The minimum Gasteiger partial charge on any atom is -0.424 e. The van der Waals surface area contributed by atoms with Crippen LogP contribution in [0, 0.1) is 12.8 Å². The number of rotatable bonds is 3. The topological polar surface area (TPSA) is 58.4 Å². The number of hydrogen-bond acceptors (Lipinski definition) is 4.